The fourth-order valence-electron chi connectivity index (χ4n) is 2.18. The molecule has 0 radical (unpaired) electrons. The van der Waals surface area contributed by atoms with E-state index in [1.807, 2.05) is 6.07 Å². The van der Waals surface area contributed by atoms with Crippen molar-refractivity contribution in [3.05, 3.63) is 59.9 Å². The van der Waals surface area contributed by atoms with Crippen LogP contribution in [0.1, 0.15) is 12.5 Å². The number of ether oxygens (including phenoxy) is 1. The Morgan fingerprint density at radius 2 is 1.96 bits per heavy atom. The predicted molar refractivity (Wildman–Crippen MR) is 93.8 cm³/mol. The van der Waals surface area contributed by atoms with Gasteiger partial charge in [0.15, 0.2) is 11.6 Å². The van der Waals surface area contributed by atoms with Gasteiger partial charge >= 0.3 is 0 Å². The van der Waals surface area contributed by atoms with E-state index >= 15 is 0 Å². The van der Waals surface area contributed by atoms with Gasteiger partial charge in [-0.15, -0.1) is 0 Å². The van der Waals surface area contributed by atoms with Gasteiger partial charge in [-0.2, -0.15) is 5.26 Å². The minimum atomic E-state index is -0.434. The van der Waals surface area contributed by atoms with Crippen molar-refractivity contribution in [2.24, 2.45) is 0 Å². The molecule has 0 saturated carbocycles. The first-order chi connectivity index (χ1) is 12.0. The van der Waals surface area contributed by atoms with Crippen LogP contribution in [0.2, 0.25) is 0 Å². The number of likely N-dealkylation sites (N-methyl/N-ethyl adjacent to an activating group) is 1. The number of rotatable bonds is 7. The molecule has 0 aromatic heterocycles. The van der Waals surface area contributed by atoms with Gasteiger partial charge in [-0.3, -0.25) is 9.69 Å². The van der Waals surface area contributed by atoms with Crippen molar-refractivity contribution >= 4 is 11.6 Å². The topological polar surface area (TPSA) is 65.4 Å². The number of carbonyl (C=O) groups is 1. The van der Waals surface area contributed by atoms with Crippen molar-refractivity contribution in [2.75, 3.05) is 25.5 Å². The van der Waals surface area contributed by atoms with Gasteiger partial charge in [0, 0.05) is 6.54 Å². The highest BCUT2D eigenvalue weighted by Crippen LogP contribution is 2.16. The average molecular weight is 341 g/mol. The van der Waals surface area contributed by atoms with Crippen LogP contribution in [0.3, 0.4) is 0 Å². The number of nitrogens with one attached hydrogen (secondary N) is 1. The van der Waals surface area contributed by atoms with Crippen LogP contribution in [0.5, 0.6) is 5.75 Å². The maximum absolute atomic E-state index is 13.5. The molecular weight excluding hydrogens is 321 g/mol. The zero-order valence-electron chi connectivity index (χ0n) is 14.2. The number of nitrogens with zero attached hydrogens (tertiary/aromatic N) is 2. The molecule has 0 bridgehead atoms. The number of benzene rings is 2. The van der Waals surface area contributed by atoms with E-state index in [4.69, 9.17) is 10.00 Å². The fraction of sp³-hybridized carbons (Fsp3) is 0.263. The maximum atomic E-state index is 13.5. The Labute approximate surface area is 146 Å². The molecule has 1 N–H and O–H groups in total. The van der Waals surface area contributed by atoms with E-state index in [1.54, 1.807) is 61.3 Å². The van der Waals surface area contributed by atoms with Gasteiger partial charge in [-0.25, -0.2) is 4.39 Å². The summed E-state index contributed by atoms with van der Waals surface area (Å²) in [7, 11) is 1.78. The van der Waals surface area contributed by atoms with E-state index in [0.717, 1.165) is 0 Å². The van der Waals surface area contributed by atoms with Crippen molar-refractivity contribution in [3.8, 4) is 11.8 Å². The Bertz CT molecular complexity index is 773. The quantitative estimate of drug-likeness (QED) is 0.841. The van der Waals surface area contributed by atoms with E-state index in [2.05, 4.69) is 5.32 Å². The van der Waals surface area contributed by atoms with Gasteiger partial charge < -0.3 is 10.1 Å². The van der Waals surface area contributed by atoms with Crippen molar-refractivity contribution in [3.63, 3.8) is 0 Å². The Morgan fingerprint density at radius 1 is 1.28 bits per heavy atom. The monoisotopic (exact) mass is 341 g/mol. The molecule has 0 fully saturated rings. The molecule has 5 nitrogen and oxygen atoms in total. The third kappa shape index (κ3) is 5.03. The first kappa shape index (κ1) is 18.4. The summed E-state index contributed by atoms with van der Waals surface area (Å²) < 4.78 is 18.9. The molecule has 0 unspecified atom stereocenters. The molecule has 0 aliphatic heterocycles. The fourth-order valence-corrected chi connectivity index (χ4v) is 2.18. The largest absolute Gasteiger partial charge is 0.489 e. The van der Waals surface area contributed by atoms with Gasteiger partial charge in [-0.05, 0) is 38.2 Å². The molecule has 2 rings (SSSR count). The number of hydrogen-bond acceptors (Lipinski definition) is 4. The van der Waals surface area contributed by atoms with Gasteiger partial charge in [0.25, 0.3) is 0 Å². The maximum Gasteiger partial charge on any atom is 0.241 e. The molecule has 0 spiro atoms. The van der Waals surface area contributed by atoms with E-state index < -0.39 is 11.9 Å². The average Bonchev–Trinajstić information content (AvgIpc) is 2.63. The minimum Gasteiger partial charge on any atom is -0.489 e. The van der Waals surface area contributed by atoms with E-state index in [9.17, 15) is 9.18 Å². The highest BCUT2D eigenvalue weighted by atomic mass is 19.1. The van der Waals surface area contributed by atoms with Crippen molar-refractivity contribution in [2.45, 2.75) is 13.0 Å². The SMILES string of the molecule is C[C@H](C(=O)Nc1ccccc1C#N)N(C)CCOc1ccccc1F. The van der Waals surface area contributed by atoms with Crippen LogP contribution in [-0.4, -0.2) is 37.0 Å². The normalized spacial score (nSPS) is 11.6. The Morgan fingerprint density at radius 3 is 2.68 bits per heavy atom. The van der Waals surface area contributed by atoms with Crippen molar-refractivity contribution < 1.29 is 13.9 Å². The number of amides is 1. The van der Waals surface area contributed by atoms with Crippen LogP contribution in [-0.2, 0) is 4.79 Å². The highest BCUT2D eigenvalue weighted by molar-refractivity contribution is 5.95. The van der Waals surface area contributed by atoms with Crippen LogP contribution >= 0.6 is 0 Å². The first-order valence-corrected chi connectivity index (χ1v) is 7.90. The highest BCUT2D eigenvalue weighted by Gasteiger charge is 2.19. The van der Waals surface area contributed by atoms with Crippen LogP contribution in [0.15, 0.2) is 48.5 Å². The van der Waals surface area contributed by atoms with Gasteiger partial charge in [-0.1, -0.05) is 24.3 Å². The number of para-hydroxylation sites is 2. The lowest BCUT2D eigenvalue weighted by Crippen LogP contribution is -2.41. The second-order valence-corrected chi connectivity index (χ2v) is 5.58. The summed E-state index contributed by atoms with van der Waals surface area (Å²) in [5.74, 6) is -0.448. The lowest BCUT2D eigenvalue weighted by atomic mass is 10.2. The first-order valence-electron chi connectivity index (χ1n) is 7.90. The summed E-state index contributed by atoms with van der Waals surface area (Å²) in [5.41, 5.74) is 0.895. The molecule has 1 amide bonds. The van der Waals surface area contributed by atoms with Gasteiger partial charge in [0.1, 0.15) is 12.7 Å². The van der Waals surface area contributed by atoms with Crippen LogP contribution < -0.4 is 10.1 Å². The summed E-state index contributed by atoms with van der Waals surface area (Å²) in [5, 5.41) is 11.8. The minimum absolute atomic E-state index is 0.191. The molecular formula is C19H20FN3O2. The zero-order chi connectivity index (χ0) is 18.2. The van der Waals surface area contributed by atoms with E-state index in [0.29, 0.717) is 17.8 Å². The number of halogens is 1. The van der Waals surface area contributed by atoms with Crippen LogP contribution in [0.25, 0.3) is 0 Å². The summed E-state index contributed by atoms with van der Waals surface area (Å²) in [6, 6.07) is 14.6. The number of carbonyl (C=O) groups excluding carboxylic acids is 1. The van der Waals surface area contributed by atoms with Crippen LogP contribution in [0.4, 0.5) is 10.1 Å². The molecule has 2 aromatic carbocycles. The van der Waals surface area contributed by atoms with Crippen molar-refractivity contribution in [1.82, 2.24) is 4.90 Å². The summed E-state index contributed by atoms with van der Waals surface area (Å²) in [4.78, 5) is 14.1. The molecule has 0 saturated heterocycles. The van der Waals surface area contributed by atoms with Gasteiger partial charge in [0.05, 0.1) is 17.3 Å². The number of hydrogen-bond donors (Lipinski definition) is 1. The third-order valence-corrected chi connectivity index (χ3v) is 3.88. The number of anilines is 1. The lowest BCUT2D eigenvalue weighted by Gasteiger charge is -2.24. The van der Waals surface area contributed by atoms with Gasteiger partial charge in [0.2, 0.25) is 5.91 Å². The van der Waals surface area contributed by atoms with Crippen LogP contribution in [0, 0.1) is 17.1 Å². The standard InChI is InChI=1S/C19H20FN3O2/c1-14(19(24)22-17-9-5-3-7-15(17)13-21)23(2)11-12-25-18-10-6-4-8-16(18)20/h3-10,14H,11-12H2,1-2H3,(H,22,24)/t14-/m1/s1. The molecule has 6 heteroatoms. The summed E-state index contributed by atoms with van der Waals surface area (Å²) in [6.45, 7) is 2.46. The summed E-state index contributed by atoms with van der Waals surface area (Å²) in [6.07, 6.45) is 0. The summed E-state index contributed by atoms with van der Waals surface area (Å²) >= 11 is 0. The Balaban J connectivity index is 1.86. The van der Waals surface area contributed by atoms with Crippen molar-refractivity contribution in [1.29, 1.82) is 5.26 Å². The Hall–Kier alpha value is -2.91. The smallest absolute Gasteiger partial charge is 0.241 e. The lowest BCUT2D eigenvalue weighted by molar-refractivity contribution is -0.120. The molecule has 130 valence electrons. The Kier molecular flexibility index (Phi) is 6.49. The van der Waals surface area contributed by atoms with E-state index in [1.165, 1.54) is 6.07 Å². The second kappa shape index (κ2) is 8.81. The molecule has 0 aliphatic rings. The molecule has 25 heavy (non-hydrogen) atoms. The molecule has 1 atom stereocenters. The molecule has 2 aromatic rings. The van der Waals surface area contributed by atoms with E-state index in [-0.39, 0.29) is 18.3 Å². The second-order valence-electron chi connectivity index (χ2n) is 5.58. The molecule has 0 aliphatic carbocycles. The number of nitriles is 1. The predicted octanol–water partition coefficient (Wildman–Crippen LogP) is 3.04. The molecule has 0 heterocycles. The zero-order valence-corrected chi connectivity index (χ0v) is 14.2. The third-order valence-electron chi connectivity index (χ3n) is 3.88.